The minimum Gasteiger partial charge on any atom is -0.480 e. The number of hydrogen-bond acceptors (Lipinski definition) is 5. The molecule has 1 aliphatic rings. The van der Waals surface area contributed by atoms with Gasteiger partial charge in [0.2, 0.25) is 17.7 Å². The number of rotatable bonds is 8. The number of carboxylic acid groups (broad SMARTS) is 1. The van der Waals surface area contributed by atoms with Gasteiger partial charge in [0.25, 0.3) is 0 Å². The van der Waals surface area contributed by atoms with Crippen LogP contribution in [0.1, 0.15) is 33.1 Å². The smallest absolute Gasteiger partial charge is 0.322 e. The van der Waals surface area contributed by atoms with Crippen LogP contribution in [0, 0.1) is 5.92 Å². The van der Waals surface area contributed by atoms with Crippen LogP contribution in [0.5, 0.6) is 0 Å². The quantitative estimate of drug-likeness (QED) is 0.430. The second-order valence-electron chi connectivity index (χ2n) is 6.25. The van der Waals surface area contributed by atoms with Gasteiger partial charge in [-0.2, -0.15) is 0 Å². The zero-order valence-electron chi connectivity index (χ0n) is 14.1. The highest BCUT2D eigenvalue weighted by atomic mass is 16.4. The molecule has 0 aromatic carbocycles. The van der Waals surface area contributed by atoms with Gasteiger partial charge in [0.1, 0.15) is 18.6 Å². The van der Waals surface area contributed by atoms with Gasteiger partial charge in [0.15, 0.2) is 0 Å². The normalized spacial score (nSPS) is 18.3. The number of aliphatic carboxylic acids is 1. The highest BCUT2D eigenvalue weighted by molar-refractivity contribution is 5.93. The Labute approximate surface area is 140 Å². The molecule has 1 heterocycles. The largest absolute Gasteiger partial charge is 0.480 e. The van der Waals surface area contributed by atoms with Crippen molar-refractivity contribution in [2.24, 2.45) is 11.7 Å². The van der Waals surface area contributed by atoms with E-state index < -0.39 is 36.4 Å². The Balaban J connectivity index is 2.74. The van der Waals surface area contributed by atoms with Crippen LogP contribution in [0.2, 0.25) is 0 Å². The van der Waals surface area contributed by atoms with Gasteiger partial charge in [0.05, 0.1) is 6.54 Å². The van der Waals surface area contributed by atoms with Crippen LogP contribution in [-0.2, 0) is 19.2 Å². The molecule has 0 radical (unpaired) electrons. The van der Waals surface area contributed by atoms with Gasteiger partial charge in [-0.15, -0.1) is 0 Å². The Morgan fingerprint density at radius 3 is 2.50 bits per heavy atom. The predicted molar refractivity (Wildman–Crippen MR) is 85.8 cm³/mol. The van der Waals surface area contributed by atoms with Crippen LogP contribution in [0.3, 0.4) is 0 Å². The molecule has 1 rings (SSSR count). The summed E-state index contributed by atoms with van der Waals surface area (Å²) in [6.45, 7) is 3.57. The fourth-order valence-corrected chi connectivity index (χ4v) is 2.71. The van der Waals surface area contributed by atoms with Crippen LogP contribution in [0.25, 0.3) is 0 Å². The number of amides is 3. The average Bonchev–Trinajstić information content (AvgIpc) is 3.00. The second kappa shape index (κ2) is 9.21. The predicted octanol–water partition coefficient (Wildman–Crippen LogP) is -1.33. The summed E-state index contributed by atoms with van der Waals surface area (Å²) in [7, 11) is 0. The third kappa shape index (κ3) is 5.80. The van der Waals surface area contributed by atoms with Crippen molar-refractivity contribution in [3.63, 3.8) is 0 Å². The van der Waals surface area contributed by atoms with E-state index in [9.17, 15) is 19.2 Å². The molecule has 1 fully saturated rings. The first-order valence-electron chi connectivity index (χ1n) is 8.05. The summed E-state index contributed by atoms with van der Waals surface area (Å²) >= 11 is 0. The molecule has 0 spiro atoms. The molecule has 9 heteroatoms. The zero-order valence-corrected chi connectivity index (χ0v) is 14.1. The van der Waals surface area contributed by atoms with Gasteiger partial charge in [-0.3, -0.25) is 19.2 Å². The van der Waals surface area contributed by atoms with Crippen LogP contribution in [0.15, 0.2) is 0 Å². The fraction of sp³-hybridized carbons (Fsp3) is 0.733. The minimum atomic E-state index is -1.16. The minimum absolute atomic E-state index is 0.122. The number of carbonyl (C=O) groups excluding carboxylic acids is 3. The lowest BCUT2D eigenvalue weighted by molar-refractivity contribution is -0.140. The van der Waals surface area contributed by atoms with Gasteiger partial charge in [-0.1, -0.05) is 13.8 Å². The molecule has 0 aliphatic carbocycles. The summed E-state index contributed by atoms with van der Waals surface area (Å²) in [5, 5.41) is 13.6. The fourth-order valence-electron chi connectivity index (χ4n) is 2.71. The molecule has 3 amide bonds. The Hall–Kier alpha value is -2.16. The molecule has 0 saturated carbocycles. The molecule has 136 valence electrons. The first-order valence-corrected chi connectivity index (χ1v) is 8.05. The maximum atomic E-state index is 12.5. The summed E-state index contributed by atoms with van der Waals surface area (Å²) in [5.74, 6) is -2.30. The van der Waals surface area contributed by atoms with Crippen LogP contribution in [0.4, 0.5) is 0 Å². The summed E-state index contributed by atoms with van der Waals surface area (Å²) in [4.78, 5) is 48.4. The Bertz CT molecular complexity index is 494. The highest BCUT2D eigenvalue weighted by Crippen LogP contribution is 2.18. The summed E-state index contributed by atoms with van der Waals surface area (Å²) in [6, 6.07) is -1.48. The average molecular weight is 342 g/mol. The maximum absolute atomic E-state index is 12.5. The third-order valence-corrected chi connectivity index (χ3v) is 3.80. The Kier molecular flexibility index (Phi) is 7.63. The number of hydrogen-bond donors (Lipinski definition) is 4. The van der Waals surface area contributed by atoms with Crippen molar-refractivity contribution in [2.45, 2.75) is 45.2 Å². The molecule has 2 atom stereocenters. The number of nitrogens with one attached hydrogen (secondary N) is 2. The Morgan fingerprint density at radius 2 is 1.96 bits per heavy atom. The van der Waals surface area contributed by atoms with E-state index in [1.807, 2.05) is 13.8 Å². The molecule has 2 unspecified atom stereocenters. The Morgan fingerprint density at radius 1 is 1.29 bits per heavy atom. The van der Waals surface area contributed by atoms with Crippen LogP contribution >= 0.6 is 0 Å². The molecule has 5 N–H and O–H groups in total. The number of nitrogens with two attached hydrogens (primary N) is 1. The molecular formula is C15H26N4O5. The van der Waals surface area contributed by atoms with Crippen molar-refractivity contribution in [1.82, 2.24) is 15.5 Å². The molecule has 24 heavy (non-hydrogen) atoms. The molecule has 1 aliphatic heterocycles. The summed E-state index contributed by atoms with van der Waals surface area (Å²) in [5.41, 5.74) is 5.35. The lowest BCUT2D eigenvalue weighted by Gasteiger charge is -2.26. The van der Waals surface area contributed by atoms with Gasteiger partial charge in [0, 0.05) is 6.54 Å². The zero-order chi connectivity index (χ0) is 18.3. The van der Waals surface area contributed by atoms with Crippen LogP contribution in [-0.4, -0.2) is 65.4 Å². The monoisotopic (exact) mass is 342 g/mol. The van der Waals surface area contributed by atoms with Gasteiger partial charge >= 0.3 is 5.97 Å². The van der Waals surface area contributed by atoms with Crippen molar-refractivity contribution in [2.75, 3.05) is 19.6 Å². The molecule has 0 aromatic rings. The number of carboxylic acids is 1. The van der Waals surface area contributed by atoms with Crippen LogP contribution < -0.4 is 16.4 Å². The number of likely N-dealkylation sites (tertiary alicyclic amines) is 1. The maximum Gasteiger partial charge on any atom is 0.322 e. The van der Waals surface area contributed by atoms with Gasteiger partial charge in [-0.05, 0) is 25.2 Å². The van der Waals surface area contributed by atoms with E-state index in [0.717, 1.165) is 0 Å². The molecule has 9 nitrogen and oxygen atoms in total. The van der Waals surface area contributed by atoms with Gasteiger partial charge < -0.3 is 26.4 Å². The molecule has 1 saturated heterocycles. The second-order valence-corrected chi connectivity index (χ2v) is 6.25. The third-order valence-electron chi connectivity index (χ3n) is 3.80. The topological polar surface area (TPSA) is 142 Å². The summed E-state index contributed by atoms with van der Waals surface area (Å²) < 4.78 is 0. The van der Waals surface area contributed by atoms with Crippen molar-refractivity contribution in [3.8, 4) is 0 Å². The van der Waals surface area contributed by atoms with E-state index in [2.05, 4.69) is 10.6 Å². The van der Waals surface area contributed by atoms with E-state index >= 15 is 0 Å². The lowest BCUT2D eigenvalue weighted by atomic mass is 10.0. The standard InChI is InChI=1S/C15H26N4O5/c1-9(2)6-10(14(23)17-8-13(21)22)18-15(24)11-4-3-5-19(11)12(20)7-16/h9-11H,3-8,16H2,1-2H3,(H,17,23)(H,18,24)(H,21,22). The van der Waals surface area contributed by atoms with Crippen molar-refractivity contribution in [3.05, 3.63) is 0 Å². The van der Waals surface area contributed by atoms with Crippen molar-refractivity contribution < 1.29 is 24.3 Å². The first kappa shape index (κ1) is 19.9. The van der Waals surface area contributed by atoms with E-state index in [0.29, 0.717) is 25.8 Å². The van der Waals surface area contributed by atoms with E-state index in [1.165, 1.54) is 4.90 Å². The van der Waals surface area contributed by atoms with E-state index in [1.54, 1.807) is 0 Å². The first-order chi connectivity index (χ1) is 11.3. The molecule has 0 aromatic heterocycles. The highest BCUT2D eigenvalue weighted by Gasteiger charge is 2.35. The SMILES string of the molecule is CC(C)CC(NC(=O)C1CCCN1C(=O)CN)C(=O)NCC(=O)O. The van der Waals surface area contributed by atoms with Crippen molar-refractivity contribution >= 4 is 23.7 Å². The lowest BCUT2D eigenvalue weighted by Crippen LogP contribution is -2.54. The molecular weight excluding hydrogens is 316 g/mol. The van der Waals surface area contributed by atoms with Crippen molar-refractivity contribution in [1.29, 1.82) is 0 Å². The van der Waals surface area contributed by atoms with E-state index in [-0.39, 0.29) is 18.4 Å². The summed E-state index contributed by atoms with van der Waals surface area (Å²) in [6.07, 6.45) is 1.58. The molecule has 0 bridgehead atoms. The number of carbonyl (C=O) groups is 4. The van der Waals surface area contributed by atoms with Gasteiger partial charge in [-0.25, -0.2) is 0 Å². The number of nitrogens with zero attached hydrogens (tertiary/aromatic N) is 1. The van der Waals surface area contributed by atoms with E-state index in [4.69, 9.17) is 10.8 Å².